The number of aromatic amines is 1. The van der Waals surface area contributed by atoms with Gasteiger partial charge in [-0.3, -0.25) is 0 Å². The van der Waals surface area contributed by atoms with Gasteiger partial charge >= 0.3 is 0 Å². The molecular weight excluding hydrogens is 224 g/mol. The van der Waals surface area contributed by atoms with Crippen LogP contribution in [0.3, 0.4) is 0 Å². The van der Waals surface area contributed by atoms with Crippen LogP contribution in [0.4, 0.5) is 0 Å². The number of benzene rings is 1. The fraction of sp³-hybridized carbons (Fsp3) is 0.533. The summed E-state index contributed by atoms with van der Waals surface area (Å²) < 4.78 is 5.64. The molecule has 0 amide bonds. The maximum atomic E-state index is 5.64. The Kier molecular flexibility index (Phi) is 5.21. The number of unbranched alkanes of at least 4 members (excludes halogenated alkanes) is 4. The molecular formula is C15H22N2O. The van der Waals surface area contributed by atoms with Crippen molar-refractivity contribution in [2.75, 3.05) is 6.61 Å². The molecule has 2 aromatic rings. The minimum Gasteiger partial charge on any atom is -0.374 e. The predicted octanol–water partition coefficient (Wildman–Crippen LogP) is 4.05. The first kappa shape index (κ1) is 13.1. The summed E-state index contributed by atoms with van der Waals surface area (Å²) in [7, 11) is 0. The average Bonchev–Trinajstić information content (AvgIpc) is 2.80. The van der Waals surface area contributed by atoms with Crippen LogP contribution in [-0.4, -0.2) is 16.6 Å². The summed E-state index contributed by atoms with van der Waals surface area (Å²) in [4.78, 5) is 7.75. The molecule has 0 aliphatic heterocycles. The van der Waals surface area contributed by atoms with Crippen LogP contribution in [0.5, 0.6) is 0 Å². The Morgan fingerprint density at radius 1 is 1.11 bits per heavy atom. The number of H-pyrrole nitrogens is 1. The molecule has 1 aromatic heterocycles. The molecule has 3 heteroatoms. The van der Waals surface area contributed by atoms with Crippen LogP contribution < -0.4 is 0 Å². The number of nitrogens with one attached hydrogen (secondary N) is 1. The molecule has 98 valence electrons. The highest BCUT2D eigenvalue weighted by Crippen LogP contribution is 2.11. The summed E-state index contributed by atoms with van der Waals surface area (Å²) in [5.41, 5.74) is 2.10. The number of rotatable bonds is 8. The molecule has 0 radical (unpaired) electrons. The van der Waals surface area contributed by atoms with Gasteiger partial charge in [0.15, 0.2) is 0 Å². The lowest BCUT2D eigenvalue weighted by Crippen LogP contribution is -1.97. The van der Waals surface area contributed by atoms with Gasteiger partial charge in [-0.05, 0) is 18.6 Å². The molecule has 1 N–H and O–H groups in total. The zero-order valence-corrected chi connectivity index (χ0v) is 11.1. The van der Waals surface area contributed by atoms with E-state index in [1.165, 1.54) is 25.7 Å². The number of aromatic nitrogens is 2. The highest BCUT2D eigenvalue weighted by Gasteiger charge is 2.01. The SMILES string of the molecule is CCCCCCCOCc1nc2ccccc2[nH]1. The number of hydrogen-bond donors (Lipinski definition) is 1. The van der Waals surface area contributed by atoms with Gasteiger partial charge in [-0.15, -0.1) is 0 Å². The zero-order chi connectivity index (χ0) is 12.6. The van der Waals surface area contributed by atoms with Crippen LogP contribution >= 0.6 is 0 Å². The minimum absolute atomic E-state index is 0.586. The highest BCUT2D eigenvalue weighted by molar-refractivity contribution is 5.74. The second kappa shape index (κ2) is 7.17. The zero-order valence-electron chi connectivity index (χ0n) is 11.1. The van der Waals surface area contributed by atoms with Crippen molar-refractivity contribution in [3.05, 3.63) is 30.1 Å². The second-order valence-electron chi connectivity index (χ2n) is 4.67. The first-order valence-electron chi connectivity index (χ1n) is 6.91. The first-order valence-corrected chi connectivity index (χ1v) is 6.91. The van der Waals surface area contributed by atoms with Gasteiger partial charge < -0.3 is 9.72 Å². The van der Waals surface area contributed by atoms with Gasteiger partial charge in [0, 0.05) is 6.61 Å². The molecule has 0 aliphatic rings. The van der Waals surface area contributed by atoms with Crippen molar-refractivity contribution in [3.8, 4) is 0 Å². The molecule has 0 atom stereocenters. The van der Waals surface area contributed by atoms with Crippen molar-refractivity contribution in [2.24, 2.45) is 0 Å². The second-order valence-corrected chi connectivity index (χ2v) is 4.67. The maximum Gasteiger partial charge on any atom is 0.133 e. The molecule has 0 bridgehead atoms. The van der Waals surface area contributed by atoms with Crippen molar-refractivity contribution in [2.45, 2.75) is 45.6 Å². The van der Waals surface area contributed by atoms with E-state index in [0.717, 1.165) is 29.9 Å². The summed E-state index contributed by atoms with van der Waals surface area (Å²) in [6, 6.07) is 8.07. The summed E-state index contributed by atoms with van der Waals surface area (Å²) in [5, 5.41) is 0. The van der Waals surface area contributed by atoms with Gasteiger partial charge in [0.25, 0.3) is 0 Å². The maximum absolute atomic E-state index is 5.64. The lowest BCUT2D eigenvalue weighted by atomic mass is 10.2. The van der Waals surface area contributed by atoms with Gasteiger partial charge in [0.05, 0.1) is 11.0 Å². The standard InChI is InChI=1S/C15H22N2O/c1-2-3-4-5-8-11-18-12-15-16-13-9-6-7-10-14(13)17-15/h6-7,9-10H,2-5,8,11-12H2,1H3,(H,16,17). The molecule has 1 aromatic carbocycles. The fourth-order valence-electron chi connectivity index (χ4n) is 2.05. The third kappa shape index (κ3) is 3.84. The smallest absolute Gasteiger partial charge is 0.133 e. The molecule has 1 heterocycles. The number of hydrogen-bond acceptors (Lipinski definition) is 2. The van der Waals surface area contributed by atoms with Gasteiger partial charge in [-0.2, -0.15) is 0 Å². The third-order valence-corrected chi connectivity index (χ3v) is 3.07. The molecule has 0 fully saturated rings. The quantitative estimate of drug-likeness (QED) is 0.713. The third-order valence-electron chi connectivity index (χ3n) is 3.07. The predicted molar refractivity (Wildman–Crippen MR) is 74.5 cm³/mol. The van der Waals surface area contributed by atoms with Crippen LogP contribution in [-0.2, 0) is 11.3 Å². The molecule has 18 heavy (non-hydrogen) atoms. The van der Waals surface area contributed by atoms with E-state index < -0.39 is 0 Å². The molecule has 0 saturated heterocycles. The number of nitrogens with zero attached hydrogens (tertiary/aromatic N) is 1. The summed E-state index contributed by atoms with van der Waals surface area (Å²) in [5.74, 6) is 0.921. The Labute approximate surface area is 109 Å². The molecule has 3 nitrogen and oxygen atoms in total. The van der Waals surface area contributed by atoms with E-state index in [9.17, 15) is 0 Å². The Morgan fingerprint density at radius 2 is 1.94 bits per heavy atom. The van der Waals surface area contributed by atoms with E-state index in [4.69, 9.17) is 4.74 Å². The first-order chi connectivity index (χ1) is 8.90. The normalized spacial score (nSPS) is 11.2. The fourth-order valence-corrected chi connectivity index (χ4v) is 2.05. The number of para-hydroxylation sites is 2. The summed E-state index contributed by atoms with van der Waals surface area (Å²) >= 11 is 0. The van der Waals surface area contributed by atoms with Gasteiger partial charge in [0.2, 0.25) is 0 Å². The number of ether oxygens (including phenoxy) is 1. The van der Waals surface area contributed by atoms with Crippen LogP contribution in [0.25, 0.3) is 11.0 Å². The van der Waals surface area contributed by atoms with Crippen molar-refractivity contribution in [3.63, 3.8) is 0 Å². The molecule has 0 unspecified atom stereocenters. The monoisotopic (exact) mass is 246 g/mol. The summed E-state index contributed by atoms with van der Waals surface area (Å²) in [6.07, 6.45) is 6.38. The molecule has 0 saturated carbocycles. The molecule has 2 rings (SSSR count). The molecule has 0 aliphatic carbocycles. The lowest BCUT2D eigenvalue weighted by Gasteiger charge is -2.01. The lowest BCUT2D eigenvalue weighted by molar-refractivity contribution is 0.112. The van der Waals surface area contributed by atoms with Gasteiger partial charge in [0.1, 0.15) is 12.4 Å². The van der Waals surface area contributed by atoms with E-state index in [2.05, 4.69) is 16.9 Å². The van der Waals surface area contributed by atoms with E-state index in [0.29, 0.717) is 6.61 Å². The summed E-state index contributed by atoms with van der Waals surface area (Å²) in [6.45, 7) is 3.65. The van der Waals surface area contributed by atoms with E-state index >= 15 is 0 Å². The van der Waals surface area contributed by atoms with E-state index in [-0.39, 0.29) is 0 Å². The Morgan fingerprint density at radius 3 is 2.78 bits per heavy atom. The Bertz CT molecular complexity index is 431. The largest absolute Gasteiger partial charge is 0.374 e. The van der Waals surface area contributed by atoms with Crippen molar-refractivity contribution in [1.82, 2.24) is 9.97 Å². The number of imidazole rings is 1. The van der Waals surface area contributed by atoms with Crippen molar-refractivity contribution < 1.29 is 4.74 Å². The molecule has 0 spiro atoms. The Hall–Kier alpha value is -1.35. The van der Waals surface area contributed by atoms with Gasteiger partial charge in [-0.25, -0.2) is 4.98 Å². The van der Waals surface area contributed by atoms with Crippen molar-refractivity contribution >= 4 is 11.0 Å². The van der Waals surface area contributed by atoms with Crippen LogP contribution in [0.1, 0.15) is 44.9 Å². The highest BCUT2D eigenvalue weighted by atomic mass is 16.5. The van der Waals surface area contributed by atoms with E-state index in [1.807, 2.05) is 24.3 Å². The van der Waals surface area contributed by atoms with Crippen LogP contribution in [0.15, 0.2) is 24.3 Å². The van der Waals surface area contributed by atoms with Gasteiger partial charge in [-0.1, -0.05) is 44.7 Å². The van der Waals surface area contributed by atoms with Crippen LogP contribution in [0, 0.1) is 0 Å². The number of fused-ring (bicyclic) bond motifs is 1. The van der Waals surface area contributed by atoms with Crippen molar-refractivity contribution in [1.29, 1.82) is 0 Å². The Balaban J connectivity index is 1.67. The van der Waals surface area contributed by atoms with E-state index in [1.54, 1.807) is 0 Å². The average molecular weight is 246 g/mol. The minimum atomic E-state index is 0.586. The topological polar surface area (TPSA) is 37.9 Å². The van der Waals surface area contributed by atoms with Crippen LogP contribution in [0.2, 0.25) is 0 Å².